The normalized spacial score (nSPS) is 11.2. The third-order valence-electron chi connectivity index (χ3n) is 3.44. The van der Waals surface area contributed by atoms with Crippen molar-refractivity contribution in [1.29, 1.82) is 0 Å². The Labute approximate surface area is 137 Å². The molecule has 0 aliphatic carbocycles. The van der Waals surface area contributed by atoms with Crippen molar-refractivity contribution in [1.82, 2.24) is 9.88 Å². The molecule has 114 valence electrons. The van der Waals surface area contributed by atoms with Crippen molar-refractivity contribution in [3.63, 3.8) is 0 Å². The molecular weight excluding hydrogens is 315 g/mol. The van der Waals surface area contributed by atoms with Crippen LogP contribution in [0.5, 0.6) is 0 Å². The lowest BCUT2D eigenvalue weighted by atomic mass is 10.2. The van der Waals surface area contributed by atoms with Crippen LogP contribution >= 0.6 is 22.7 Å². The van der Waals surface area contributed by atoms with Gasteiger partial charge in [0.1, 0.15) is 10.8 Å². The van der Waals surface area contributed by atoms with Crippen molar-refractivity contribution in [2.24, 2.45) is 0 Å². The molecule has 0 spiro atoms. The minimum absolute atomic E-state index is 0.214. The molecule has 0 aliphatic rings. The lowest BCUT2D eigenvalue weighted by molar-refractivity contribution is 0.271. The van der Waals surface area contributed by atoms with Gasteiger partial charge in [0.2, 0.25) is 0 Å². The first-order valence-corrected chi connectivity index (χ1v) is 8.95. The summed E-state index contributed by atoms with van der Waals surface area (Å²) in [5, 5.41) is 5.15. The minimum atomic E-state index is -0.214. The molecule has 22 heavy (non-hydrogen) atoms. The molecule has 2 heterocycles. The molecule has 0 bridgehead atoms. The van der Waals surface area contributed by atoms with E-state index in [1.54, 1.807) is 34.8 Å². The van der Waals surface area contributed by atoms with Gasteiger partial charge in [-0.15, -0.1) is 22.7 Å². The highest BCUT2D eigenvalue weighted by Gasteiger charge is 2.10. The average Bonchev–Trinajstić information content (AvgIpc) is 3.19. The molecule has 0 radical (unpaired) electrons. The monoisotopic (exact) mass is 332 g/mol. The van der Waals surface area contributed by atoms with Crippen LogP contribution in [0.4, 0.5) is 4.39 Å². The average molecular weight is 332 g/mol. The molecule has 0 N–H and O–H groups in total. The molecule has 0 atom stereocenters. The summed E-state index contributed by atoms with van der Waals surface area (Å²) in [7, 11) is 0. The van der Waals surface area contributed by atoms with Gasteiger partial charge in [0.05, 0.1) is 5.69 Å². The summed E-state index contributed by atoms with van der Waals surface area (Å²) in [6.45, 7) is 4.95. The van der Waals surface area contributed by atoms with Crippen molar-refractivity contribution >= 4 is 22.7 Å². The SMILES string of the molecule is CCN(Cc1csc(-c2ccc(F)cc2)n1)Cc1cccs1. The number of benzene rings is 1. The second-order valence-electron chi connectivity index (χ2n) is 5.03. The number of aromatic nitrogens is 1. The van der Waals surface area contributed by atoms with E-state index in [-0.39, 0.29) is 5.82 Å². The van der Waals surface area contributed by atoms with Gasteiger partial charge in [-0.25, -0.2) is 9.37 Å². The topological polar surface area (TPSA) is 16.1 Å². The van der Waals surface area contributed by atoms with Gasteiger partial charge < -0.3 is 0 Å². The summed E-state index contributed by atoms with van der Waals surface area (Å²) in [4.78, 5) is 8.43. The van der Waals surface area contributed by atoms with E-state index in [1.807, 2.05) is 0 Å². The van der Waals surface area contributed by atoms with Crippen LogP contribution < -0.4 is 0 Å². The van der Waals surface area contributed by atoms with E-state index in [1.165, 1.54) is 17.0 Å². The number of rotatable bonds is 6. The summed E-state index contributed by atoms with van der Waals surface area (Å²) < 4.78 is 13.0. The van der Waals surface area contributed by atoms with Crippen LogP contribution in [0.1, 0.15) is 17.5 Å². The zero-order valence-electron chi connectivity index (χ0n) is 12.3. The molecular formula is C17H17FN2S2. The van der Waals surface area contributed by atoms with Crippen LogP contribution in [0.3, 0.4) is 0 Å². The van der Waals surface area contributed by atoms with E-state index >= 15 is 0 Å². The molecule has 3 aromatic rings. The van der Waals surface area contributed by atoms with E-state index in [0.717, 1.165) is 35.9 Å². The standard InChI is InChI=1S/C17H17FN2S2/c1-2-20(11-16-4-3-9-21-16)10-15-12-22-17(19-15)13-5-7-14(18)8-6-13/h3-9,12H,2,10-11H2,1H3. The highest BCUT2D eigenvalue weighted by Crippen LogP contribution is 2.25. The maximum atomic E-state index is 13.0. The van der Waals surface area contributed by atoms with Crippen molar-refractivity contribution < 1.29 is 4.39 Å². The Bertz CT molecular complexity index is 705. The number of halogens is 1. The van der Waals surface area contributed by atoms with Crippen molar-refractivity contribution in [2.75, 3.05) is 6.54 Å². The first kappa shape index (κ1) is 15.3. The fourth-order valence-electron chi connectivity index (χ4n) is 2.24. The van der Waals surface area contributed by atoms with Crippen molar-refractivity contribution in [2.45, 2.75) is 20.0 Å². The molecule has 0 fully saturated rings. The Hall–Kier alpha value is -1.56. The summed E-state index contributed by atoms with van der Waals surface area (Å²) in [6, 6.07) is 10.8. The molecule has 2 aromatic heterocycles. The predicted molar refractivity (Wildman–Crippen MR) is 91.6 cm³/mol. The second-order valence-corrected chi connectivity index (χ2v) is 6.92. The zero-order valence-corrected chi connectivity index (χ0v) is 14.0. The van der Waals surface area contributed by atoms with E-state index in [0.29, 0.717) is 0 Å². The molecule has 3 rings (SSSR count). The minimum Gasteiger partial charge on any atom is -0.293 e. The Morgan fingerprint density at radius 3 is 2.59 bits per heavy atom. The van der Waals surface area contributed by atoms with Gasteiger partial charge in [-0.1, -0.05) is 13.0 Å². The summed E-state index contributed by atoms with van der Waals surface area (Å²) in [6.07, 6.45) is 0. The molecule has 5 heteroatoms. The first-order chi connectivity index (χ1) is 10.7. The van der Waals surface area contributed by atoms with E-state index < -0.39 is 0 Å². The molecule has 1 aromatic carbocycles. The Morgan fingerprint density at radius 1 is 1.09 bits per heavy atom. The summed E-state index contributed by atoms with van der Waals surface area (Å²) in [5.41, 5.74) is 2.04. The maximum absolute atomic E-state index is 13.0. The van der Waals surface area contributed by atoms with Gasteiger partial charge >= 0.3 is 0 Å². The molecule has 0 aliphatic heterocycles. The second kappa shape index (κ2) is 7.13. The molecule has 0 amide bonds. The fraction of sp³-hybridized carbons (Fsp3) is 0.235. The van der Waals surface area contributed by atoms with Gasteiger partial charge in [0, 0.05) is 28.9 Å². The molecule has 0 saturated heterocycles. The third kappa shape index (κ3) is 3.80. The maximum Gasteiger partial charge on any atom is 0.123 e. The number of nitrogens with zero attached hydrogens (tertiary/aromatic N) is 2. The van der Waals surface area contributed by atoms with Gasteiger partial charge in [-0.05, 0) is 42.3 Å². The molecule has 0 saturated carbocycles. The highest BCUT2D eigenvalue weighted by atomic mass is 32.1. The largest absolute Gasteiger partial charge is 0.293 e. The number of thiophene rings is 1. The van der Waals surface area contributed by atoms with Crippen LogP contribution in [0, 0.1) is 5.82 Å². The predicted octanol–water partition coefficient (Wildman–Crippen LogP) is 5.03. The van der Waals surface area contributed by atoms with E-state index in [4.69, 9.17) is 0 Å². The Kier molecular flexibility index (Phi) is 4.97. The molecule has 0 unspecified atom stereocenters. The highest BCUT2D eigenvalue weighted by molar-refractivity contribution is 7.13. The van der Waals surface area contributed by atoms with Crippen LogP contribution in [0.15, 0.2) is 47.2 Å². The Morgan fingerprint density at radius 2 is 1.91 bits per heavy atom. The third-order valence-corrected chi connectivity index (χ3v) is 5.24. The lowest BCUT2D eigenvalue weighted by Gasteiger charge is -2.18. The van der Waals surface area contributed by atoms with Crippen LogP contribution in [-0.2, 0) is 13.1 Å². The van der Waals surface area contributed by atoms with E-state index in [9.17, 15) is 4.39 Å². The van der Waals surface area contributed by atoms with Crippen molar-refractivity contribution in [3.05, 3.63) is 63.5 Å². The molecule has 2 nitrogen and oxygen atoms in total. The van der Waals surface area contributed by atoms with Crippen LogP contribution in [0.25, 0.3) is 10.6 Å². The first-order valence-electron chi connectivity index (χ1n) is 7.19. The Balaban J connectivity index is 1.69. The number of hydrogen-bond donors (Lipinski definition) is 0. The summed E-state index contributed by atoms with van der Waals surface area (Å²) in [5.74, 6) is -0.214. The van der Waals surface area contributed by atoms with Crippen LogP contribution in [0.2, 0.25) is 0 Å². The quantitative estimate of drug-likeness (QED) is 0.629. The van der Waals surface area contributed by atoms with Gasteiger partial charge in [-0.3, -0.25) is 4.90 Å². The smallest absolute Gasteiger partial charge is 0.123 e. The number of hydrogen-bond acceptors (Lipinski definition) is 4. The zero-order chi connectivity index (χ0) is 15.4. The lowest BCUT2D eigenvalue weighted by Crippen LogP contribution is -2.21. The number of thiazole rings is 1. The van der Waals surface area contributed by atoms with Crippen molar-refractivity contribution in [3.8, 4) is 10.6 Å². The van der Waals surface area contributed by atoms with Gasteiger partial charge in [0.15, 0.2) is 0 Å². The van der Waals surface area contributed by atoms with E-state index in [2.05, 4.69) is 39.7 Å². The fourth-order valence-corrected chi connectivity index (χ4v) is 3.80. The van der Waals surface area contributed by atoms with Gasteiger partial charge in [-0.2, -0.15) is 0 Å². The summed E-state index contributed by atoms with van der Waals surface area (Å²) >= 11 is 3.40. The van der Waals surface area contributed by atoms with Gasteiger partial charge in [0.25, 0.3) is 0 Å². The van der Waals surface area contributed by atoms with Crippen LogP contribution in [-0.4, -0.2) is 16.4 Å².